The van der Waals surface area contributed by atoms with Gasteiger partial charge in [0.05, 0.1) is 0 Å². The Morgan fingerprint density at radius 1 is 1.15 bits per heavy atom. The van der Waals surface area contributed by atoms with E-state index >= 15 is 0 Å². The molecule has 0 amide bonds. The van der Waals surface area contributed by atoms with Gasteiger partial charge in [-0.2, -0.15) is 0 Å². The first kappa shape index (κ1) is 15.4. The average Bonchev–Trinajstić information content (AvgIpc) is 2.41. The van der Waals surface area contributed by atoms with Crippen LogP contribution in [-0.4, -0.2) is 6.54 Å². The second-order valence-electron chi connectivity index (χ2n) is 6.33. The Morgan fingerprint density at radius 3 is 2.40 bits per heavy atom. The predicted octanol–water partition coefficient (Wildman–Crippen LogP) is 4.89. The molecule has 0 radical (unpaired) electrons. The first-order chi connectivity index (χ1) is 9.48. The quantitative estimate of drug-likeness (QED) is 0.828. The monoisotopic (exact) mass is 281 g/mol. The van der Waals surface area contributed by atoms with Gasteiger partial charge in [-0.3, -0.25) is 0 Å². The summed E-state index contributed by atoms with van der Waals surface area (Å²) in [6.07, 6.45) is 5.74. The standard InChI is InChI=1S/C17H25F2N/c1-4-20-16(17(3)8-6-5-7-9-17)13-11-14(18)12(2)10-15(13)19/h10-11,16,20H,4-9H2,1-3H3. The first-order valence-electron chi connectivity index (χ1n) is 7.67. The molecule has 1 N–H and O–H groups in total. The fourth-order valence-electron chi connectivity index (χ4n) is 3.47. The average molecular weight is 281 g/mol. The van der Waals surface area contributed by atoms with E-state index in [1.54, 1.807) is 6.92 Å². The van der Waals surface area contributed by atoms with Gasteiger partial charge >= 0.3 is 0 Å². The van der Waals surface area contributed by atoms with Gasteiger partial charge < -0.3 is 5.32 Å². The van der Waals surface area contributed by atoms with Crippen LogP contribution in [0.25, 0.3) is 0 Å². The minimum absolute atomic E-state index is 0.0107. The van der Waals surface area contributed by atoms with Crippen molar-refractivity contribution in [3.63, 3.8) is 0 Å². The first-order valence-corrected chi connectivity index (χ1v) is 7.67. The van der Waals surface area contributed by atoms with Crippen molar-refractivity contribution < 1.29 is 8.78 Å². The van der Waals surface area contributed by atoms with E-state index in [2.05, 4.69) is 12.2 Å². The van der Waals surface area contributed by atoms with Crippen LogP contribution in [0.4, 0.5) is 8.78 Å². The van der Waals surface area contributed by atoms with E-state index in [1.807, 2.05) is 6.92 Å². The van der Waals surface area contributed by atoms with Crippen LogP contribution in [0.5, 0.6) is 0 Å². The summed E-state index contributed by atoms with van der Waals surface area (Å²) in [7, 11) is 0. The second-order valence-corrected chi connectivity index (χ2v) is 6.33. The molecule has 2 rings (SSSR count). The Morgan fingerprint density at radius 2 is 1.80 bits per heavy atom. The van der Waals surface area contributed by atoms with E-state index < -0.39 is 0 Å². The minimum Gasteiger partial charge on any atom is -0.310 e. The van der Waals surface area contributed by atoms with Crippen LogP contribution in [-0.2, 0) is 0 Å². The van der Waals surface area contributed by atoms with Crippen LogP contribution in [0, 0.1) is 24.0 Å². The fourth-order valence-corrected chi connectivity index (χ4v) is 3.47. The van der Waals surface area contributed by atoms with Crippen molar-refractivity contribution in [2.24, 2.45) is 5.41 Å². The highest BCUT2D eigenvalue weighted by atomic mass is 19.1. The number of benzene rings is 1. The molecular weight excluding hydrogens is 256 g/mol. The van der Waals surface area contributed by atoms with Gasteiger partial charge in [0.15, 0.2) is 0 Å². The lowest BCUT2D eigenvalue weighted by molar-refractivity contribution is 0.143. The molecule has 0 heterocycles. The van der Waals surface area contributed by atoms with Crippen molar-refractivity contribution in [2.45, 2.75) is 58.9 Å². The number of nitrogens with one attached hydrogen (secondary N) is 1. The molecule has 1 nitrogen and oxygen atoms in total. The molecule has 0 spiro atoms. The normalized spacial score (nSPS) is 19.9. The maximum Gasteiger partial charge on any atom is 0.128 e. The number of rotatable bonds is 4. The molecule has 1 fully saturated rings. The molecule has 0 aromatic heterocycles. The zero-order chi connectivity index (χ0) is 14.8. The third-order valence-corrected chi connectivity index (χ3v) is 4.69. The molecule has 1 aliphatic carbocycles. The van der Waals surface area contributed by atoms with E-state index in [4.69, 9.17) is 0 Å². The Kier molecular flexibility index (Phi) is 4.79. The summed E-state index contributed by atoms with van der Waals surface area (Å²) in [5, 5.41) is 3.39. The highest BCUT2D eigenvalue weighted by molar-refractivity contribution is 5.29. The molecule has 0 bridgehead atoms. The van der Waals surface area contributed by atoms with Crippen molar-refractivity contribution in [1.29, 1.82) is 0 Å². The van der Waals surface area contributed by atoms with Gasteiger partial charge in [-0.25, -0.2) is 8.78 Å². The number of hydrogen-bond acceptors (Lipinski definition) is 1. The third-order valence-electron chi connectivity index (χ3n) is 4.69. The van der Waals surface area contributed by atoms with Gasteiger partial charge in [0.2, 0.25) is 0 Å². The van der Waals surface area contributed by atoms with Gasteiger partial charge in [-0.05, 0) is 49.4 Å². The zero-order valence-corrected chi connectivity index (χ0v) is 12.7. The molecule has 1 aromatic carbocycles. The van der Waals surface area contributed by atoms with E-state index in [0.29, 0.717) is 11.1 Å². The summed E-state index contributed by atoms with van der Waals surface area (Å²) in [5.74, 6) is -0.606. The molecule has 0 aliphatic heterocycles. The highest BCUT2D eigenvalue weighted by Crippen LogP contribution is 2.46. The summed E-state index contributed by atoms with van der Waals surface area (Å²) in [4.78, 5) is 0. The van der Waals surface area contributed by atoms with E-state index in [1.165, 1.54) is 31.4 Å². The van der Waals surface area contributed by atoms with E-state index in [9.17, 15) is 8.78 Å². The molecule has 1 unspecified atom stereocenters. The SMILES string of the molecule is CCNC(c1cc(F)c(C)cc1F)C1(C)CCCCC1. The van der Waals surface area contributed by atoms with E-state index in [-0.39, 0.29) is 23.1 Å². The van der Waals surface area contributed by atoms with Crippen LogP contribution in [0.15, 0.2) is 12.1 Å². The molecule has 1 saturated carbocycles. The smallest absolute Gasteiger partial charge is 0.128 e. The summed E-state index contributed by atoms with van der Waals surface area (Å²) in [6.45, 7) is 6.58. The summed E-state index contributed by atoms with van der Waals surface area (Å²) in [6, 6.07) is 2.60. The highest BCUT2D eigenvalue weighted by Gasteiger charge is 2.37. The lowest BCUT2D eigenvalue weighted by atomic mass is 9.68. The molecule has 20 heavy (non-hydrogen) atoms. The van der Waals surface area contributed by atoms with Crippen LogP contribution in [0.2, 0.25) is 0 Å². The molecule has 1 aliphatic rings. The summed E-state index contributed by atoms with van der Waals surface area (Å²) >= 11 is 0. The van der Waals surface area contributed by atoms with E-state index in [0.717, 1.165) is 19.4 Å². The molecule has 1 aromatic rings. The van der Waals surface area contributed by atoms with Crippen molar-refractivity contribution in [2.75, 3.05) is 6.54 Å². The molecule has 1 atom stereocenters. The maximum atomic E-state index is 14.3. The largest absolute Gasteiger partial charge is 0.310 e. The molecular formula is C17H25F2N. The number of halogens is 2. The molecule has 0 saturated heterocycles. The van der Waals surface area contributed by atoms with Gasteiger partial charge in [0.25, 0.3) is 0 Å². The van der Waals surface area contributed by atoms with Crippen molar-refractivity contribution in [3.05, 3.63) is 34.9 Å². The Labute approximate surface area is 120 Å². The maximum absolute atomic E-state index is 14.3. The van der Waals surface area contributed by atoms with Crippen molar-refractivity contribution >= 4 is 0 Å². The topological polar surface area (TPSA) is 12.0 Å². The van der Waals surface area contributed by atoms with Crippen LogP contribution >= 0.6 is 0 Å². The Balaban J connectivity index is 2.40. The van der Waals surface area contributed by atoms with Crippen LogP contribution < -0.4 is 5.32 Å². The minimum atomic E-state index is -0.316. The summed E-state index contributed by atoms with van der Waals surface area (Å²) in [5.41, 5.74) is 0.867. The summed E-state index contributed by atoms with van der Waals surface area (Å²) < 4.78 is 28.2. The third kappa shape index (κ3) is 3.03. The second kappa shape index (κ2) is 6.21. The lowest BCUT2D eigenvalue weighted by Crippen LogP contribution is -2.38. The van der Waals surface area contributed by atoms with Gasteiger partial charge in [-0.1, -0.05) is 33.1 Å². The predicted molar refractivity (Wildman–Crippen MR) is 78.7 cm³/mol. The Hall–Kier alpha value is -0.960. The van der Waals surface area contributed by atoms with Crippen molar-refractivity contribution in [3.8, 4) is 0 Å². The Bertz CT molecular complexity index is 464. The molecule has 3 heteroatoms. The van der Waals surface area contributed by atoms with Crippen LogP contribution in [0.1, 0.15) is 63.1 Å². The number of hydrogen-bond donors (Lipinski definition) is 1. The van der Waals surface area contributed by atoms with Crippen molar-refractivity contribution in [1.82, 2.24) is 5.32 Å². The lowest BCUT2D eigenvalue weighted by Gasteiger charge is -2.41. The van der Waals surface area contributed by atoms with Crippen LogP contribution in [0.3, 0.4) is 0 Å². The van der Waals surface area contributed by atoms with Gasteiger partial charge in [0, 0.05) is 11.6 Å². The van der Waals surface area contributed by atoms with Gasteiger partial charge in [-0.15, -0.1) is 0 Å². The fraction of sp³-hybridized carbons (Fsp3) is 0.647. The van der Waals surface area contributed by atoms with Gasteiger partial charge in [0.1, 0.15) is 11.6 Å². The zero-order valence-electron chi connectivity index (χ0n) is 12.7. The molecule has 112 valence electrons. The number of aryl methyl sites for hydroxylation is 1.